The minimum atomic E-state index is -0.0675. The van der Waals surface area contributed by atoms with Gasteiger partial charge in [0.1, 0.15) is 35.9 Å². The topological polar surface area (TPSA) is 62.0 Å². The van der Waals surface area contributed by atoms with Crippen LogP contribution in [0.4, 0.5) is 0 Å². The lowest BCUT2D eigenvalue weighted by Gasteiger charge is -2.23. The van der Waals surface area contributed by atoms with Crippen molar-refractivity contribution in [3.8, 4) is 11.5 Å². The monoisotopic (exact) mass is 508 g/mol. The highest BCUT2D eigenvalue weighted by atomic mass is 16.6. The largest absolute Gasteiger partial charge is 0.491 e. The molecule has 2 fully saturated rings. The van der Waals surface area contributed by atoms with E-state index in [1.165, 1.54) is 16.7 Å². The molecule has 3 aliphatic rings. The van der Waals surface area contributed by atoms with E-state index in [2.05, 4.69) is 69.3 Å². The molecule has 0 spiro atoms. The first-order valence-corrected chi connectivity index (χ1v) is 13.5. The molecule has 0 bridgehead atoms. The molecule has 2 heterocycles. The number of hydrogen-bond acceptors (Lipinski definition) is 6. The van der Waals surface area contributed by atoms with Gasteiger partial charge in [-0.3, -0.25) is 0 Å². The molecule has 0 amide bonds. The van der Waals surface area contributed by atoms with Crippen LogP contribution in [0.25, 0.3) is 5.57 Å². The molecule has 2 saturated heterocycles. The number of rotatable bonds is 14. The number of benzene rings is 2. The van der Waals surface area contributed by atoms with Gasteiger partial charge >= 0.3 is 0 Å². The Morgan fingerprint density at radius 3 is 2.05 bits per heavy atom. The molecular weight excluding hydrogens is 468 g/mol. The van der Waals surface area contributed by atoms with Gasteiger partial charge in [-0.15, -0.1) is 0 Å². The Hall–Kier alpha value is -2.38. The predicted octanol–water partition coefficient (Wildman–Crippen LogP) is 5.71. The Morgan fingerprint density at radius 1 is 0.838 bits per heavy atom. The molecule has 6 heteroatoms. The van der Waals surface area contributed by atoms with Crippen molar-refractivity contribution in [2.45, 2.75) is 57.2 Å². The Morgan fingerprint density at radius 2 is 1.49 bits per heavy atom. The van der Waals surface area contributed by atoms with E-state index >= 15 is 0 Å². The average Bonchev–Trinajstić information content (AvgIpc) is 3.83. The van der Waals surface area contributed by atoms with Crippen molar-refractivity contribution in [3.63, 3.8) is 0 Å². The van der Waals surface area contributed by atoms with Crippen LogP contribution in [0, 0.1) is 6.92 Å². The van der Waals surface area contributed by atoms with Gasteiger partial charge in [0.05, 0.1) is 39.6 Å². The molecule has 3 unspecified atom stereocenters. The van der Waals surface area contributed by atoms with E-state index in [9.17, 15) is 0 Å². The van der Waals surface area contributed by atoms with Gasteiger partial charge in [-0.25, -0.2) is 0 Å². The van der Waals surface area contributed by atoms with Crippen LogP contribution in [0.2, 0.25) is 0 Å². The fraction of sp³-hybridized carbons (Fsp3) is 0.548. The minimum absolute atomic E-state index is 0.0630. The molecule has 0 saturated carbocycles. The van der Waals surface area contributed by atoms with Crippen LogP contribution >= 0.6 is 0 Å². The molecule has 37 heavy (non-hydrogen) atoms. The Labute approximate surface area is 220 Å². The van der Waals surface area contributed by atoms with Crippen LogP contribution in [-0.4, -0.2) is 64.1 Å². The summed E-state index contributed by atoms with van der Waals surface area (Å²) in [6, 6.07) is 15.1. The first-order chi connectivity index (χ1) is 17.9. The summed E-state index contributed by atoms with van der Waals surface area (Å²) in [5.41, 5.74) is 5.13. The quantitative estimate of drug-likeness (QED) is 0.240. The molecule has 2 aliphatic heterocycles. The van der Waals surface area contributed by atoms with Crippen LogP contribution < -0.4 is 9.47 Å². The van der Waals surface area contributed by atoms with E-state index in [0.717, 1.165) is 49.5 Å². The van der Waals surface area contributed by atoms with Gasteiger partial charge in [-0.05, 0) is 92.5 Å². The van der Waals surface area contributed by atoms with Gasteiger partial charge in [0.25, 0.3) is 0 Å². The second-order valence-electron chi connectivity index (χ2n) is 11.0. The van der Waals surface area contributed by atoms with Crippen LogP contribution in [0.15, 0.2) is 48.5 Å². The summed E-state index contributed by atoms with van der Waals surface area (Å²) < 4.78 is 33.7. The van der Waals surface area contributed by atoms with Crippen molar-refractivity contribution in [2.24, 2.45) is 0 Å². The highest BCUT2D eigenvalue weighted by Crippen LogP contribution is 2.37. The molecule has 2 aromatic rings. The Kier molecular flexibility index (Phi) is 8.20. The van der Waals surface area contributed by atoms with Crippen molar-refractivity contribution in [2.75, 3.05) is 52.9 Å². The summed E-state index contributed by atoms with van der Waals surface area (Å²) in [5, 5.41) is 0. The smallest absolute Gasteiger partial charge is 0.122 e. The minimum Gasteiger partial charge on any atom is -0.491 e. The molecule has 0 N–H and O–H groups in total. The van der Waals surface area contributed by atoms with Gasteiger partial charge < -0.3 is 28.4 Å². The number of allylic oxidation sites excluding steroid dienone is 2. The van der Waals surface area contributed by atoms with Crippen molar-refractivity contribution in [1.82, 2.24) is 0 Å². The molecule has 5 rings (SSSR count). The third kappa shape index (κ3) is 7.57. The van der Waals surface area contributed by atoms with E-state index < -0.39 is 0 Å². The molecular formula is C31H40O6. The highest BCUT2D eigenvalue weighted by molar-refractivity contribution is 5.68. The van der Waals surface area contributed by atoms with Gasteiger partial charge in [-0.1, -0.05) is 24.3 Å². The van der Waals surface area contributed by atoms with Crippen molar-refractivity contribution in [1.29, 1.82) is 0 Å². The van der Waals surface area contributed by atoms with Crippen LogP contribution in [-0.2, 0) is 18.9 Å². The van der Waals surface area contributed by atoms with E-state index in [-0.39, 0.29) is 11.2 Å². The lowest BCUT2D eigenvalue weighted by molar-refractivity contribution is 0.0638. The van der Waals surface area contributed by atoms with Gasteiger partial charge in [0.2, 0.25) is 0 Å². The molecule has 0 radical (unpaired) electrons. The van der Waals surface area contributed by atoms with E-state index in [0.29, 0.717) is 45.6 Å². The average molecular weight is 509 g/mol. The fourth-order valence-electron chi connectivity index (χ4n) is 4.66. The second-order valence-corrected chi connectivity index (χ2v) is 11.0. The Bertz CT molecular complexity index is 1070. The summed E-state index contributed by atoms with van der Waals surface area (Å²) in [5.74, 6) is 2.37. The summed E-state index contributed by atoms with van der Waals surface area (Å²) in [6.07, 6.45) is 5.69. The summed E-state index contributed by atoms with van der Waals surface area (Å²) >= 11 is 0. The maximum absolute atomic E-state index is 5.94. The van der Waals surface area contributed by atoms with Gasteiger partial charge in [-0.2, -0.15) is 0 Å². The Balaban J connectivity index is 1.04. The summed E-state index contributed by atoms with van der Waals surface area (Å²) in [7, 11) is 0. The molecule has 0 aromatic heterocycles. The predicted molar refractivity (Wildman–Crippen MR) is 144 cm³/mol. The SMILES string of the molecule is Cc1cc(C2=CCC(c3ccc(OCCOCC4(C)CO4)cc3)CC2)ccc1OCCOCC1(C)CO1. The number of hydrogen-bond donors (Lipinski definition) is 0. The molecule has 6 nitrogen and oxygen atoms in total. The first-order valence-electron chi connectivity index (χ1n) is 13.5. The number of epoxide rings is 2. The highest BCUT2D eigenvalue weighted by Gasteiger charge is 2.40. The fourth-order valence-corrected chi connectivity index (χ4v) is 4.66. The second kappa shape index (κ2) is 11.6. The first kappa shape index (κ1) is 26.2. The molecule has 200 valence electrons. The molecule has 1 aliphatic carbocycles. The van der Waals surface area contributed by atoms with Crippen LogP contribution in [0.5, 0.6) is 11.5 Å². The lowest BCUT2D eigenvalue weighted by atomic mass is 9.82. The van der Waals surface area contributed by atoms with Crippen molar-refractivity contribution >= 4 is 5.57 Å². The molecule has 3 atom stereocenters. The van der Waals surface area contributed by atoms with Crippen molar-refractivity contribution < 1.29 is 28.4 Å². The van der Waals surface area contributed by atoms with Crippen molar-refractivity contribution in [3.05, 3.63) is 65.2 Å². The maximum atomic E-state index is 5.94. The summed E-state index contributed by atoms with van der Waals surface area (Å²) in [4.78, 5) is 0. The third-order valence-corrected chi connectivity index (χ3v) is 7.38. The van der Waals surface area contributed by atoms with E-state index in [1.807, 2.05) is 0 Å². The number of ether oxygens (including phenoxy) is 6. The zero-order chi connectivity index (χ0) is 25.7. The van der Waals surface area contributed by atoms with Gasteiger partial charge in [0.15, 0.2) is 0 Å². The van der Waals surface area contributed by atoms with Crippen LogP contribution in [0.1, 0.15) is 55.7 Å². The third-order valence-electron chi connectivity index (χ3n) is 7.38. The van der Waals surface area contributed by atoms with Gasteiger partial charge in [0, 0.05) is 0 Å². The lowest BCUT2D eigenvalue weighted by Crippen LogP contribution is -2.17. The van der Waals surface area contributed by atoms with Crippen LogP contribution in [0.3, 0.4) is 0 Å². The normalized spacial score (nSPS) is 26.5. The zero-order valence-electron chi connectivity index (χ0n) is 22.4. The zero-order valence-corrected chi connectivity index (χ0v) is 22.4. The van der Waals surface area contributed by atoms with E-state index in [1.54, 1.807) is 0 Å². The standard InChI is InChI=1S/C31H40O6/c1-23-18-27(10-13-29(23)35-17-15-33-20-31(3)22-37-31)26-6-4-24(5-7-26)25-8-11-28(12-9-25)34-16-14-32-19-30(2)21-36-30/h6,8-13,18,24H,4-5,7,14-17,19-22H2,1-3H3. The van der Waals surface area contributed by atoms with E-state index in [4.69, 9.17) is 28.4 Å². The summed E-state index contributed by atoms with van der Waals surface area (Å²) in [6.45, 7) is 11.3. The molecule has 2 aromatic carbocycles. The maximum Gasteiger partial charge on any atom is 0.122 e. The number of aryl methyl sites for hydroxylation is 1.